The Bertz CT molecular complexity index is 602. The SMILES string of the molecule is COC(=O)c1cc(Cc2ccc(C(F)(F)F)cc2)no1. The predicted molar refractivity (Wildman–Crippen MR) is 62.1 cm³/mol. The molecule has 20 heavy (non-hydrogen) atoms. The molecule has 0 aliphatic rings. The maximum atomic E-state index is 12.4. The third kappa shape index (κ3) is 3.17. The minimum absolute atomic E-state index is 0.0468. The lowest BCUT2D eigenvalue weighted by Crippen LogP contribution is -2.04. The molecule has 1 aromatic heterocycles. The third-order valence-electron chi connectivity index (χ3n) is 2.61. The molecule has 0 N–H and O–H groups in total. The minimum Gasteiger partial charge on any atom is -0.463 e. The molecule has 0 aliphatic heterocycles. The van der Waals surface area contributed by atoms with Gasteiger partial charge in [0.2, 0.25) is 5.76 Å². The van der Waals surface area contributed by atoms with Crippen molar-refractivity contribution in [2.45, 2.75) is 12.6 Å². The number of aromatic nitrogens is 1. The summed E-state index contributed by atoms with van der Waals surface area (Å²) in [5, 5.41) is 3.65. The normalized spacial score (nSPS) is 11.4. The Morgan fingerprint density at radius 3 is 2.50 bits per heavy atom. The van der Waals surface area contributed by atoms with E-state index in [0.717, 1.165) is 12.1 Å². The van der Waals surface area contributed by atoms with E-state index in [4.69, 9.17) is 4.52 Å². The molecule has 0 unspecified atom stereocenters. The number of esters is 1. The molecule has 106 valence electrons. The minimum atomic E-state index is -4.36. The van der Waals surface area contributed by atoms with Crippen LogP contribution in [0.3, 0.4) is 0 Å². The molecule has 1 heterocycles. The Balaban J connectivity index is 2.10. The fraction of sp³-hybridized carbons (Fsp3) is 0.231. The van der Waals surface area contributed by atoms with Crippen LogP contribution in [0.2, 0.25) is 0 Å². The molecule has 0 bridgehead atoms. The first-order chi connectivity index (χ1) is 9.40. The van der Waals surface area contributed by atoms with E-state index in [1.54, 1.807) is 0 Å². The lowest BCUT2D eigenvalue weighted by atomic mass is 10.1. The van der Waals surface area contributed by atoms with Crippen LogP contribution >= 0.6 is 0 Å². The van der Waals surface area contributed by atoms with Crippen LogP contribution < -0.4 is 0 Å². The second-order valence-corrected chi connectivity index (χ2v) is 4.05. The summed E-state index contributed by atoms with van der Waals surface area (Å²) < 4.78 is 46.4. The topological polar surface area (TPSA) is 52.3 Å². The summed E-state index contributed by atoms with van der Waals surface area (Å²) in [6.07, 6.45) is -4.09. The van der Waals surface area contributed by atoms with Crippen molar-refractivity contribution in [1.29, 1.82) is 0 Å². The van der Waals surface area contributed by atoms with Crippen LogP contribution in [0.4, 0.5) is 13.2 Å². The first kappa shape index (κ1) is 14.1. The van der Waals surface area contributed by atoms with Gasteiger partial charge in [0.25, 0.3) is 0 Å². The first-order valence-corrected chi connectivity index (χ1v) is 5.60. The van der Waals surface area contributed by atoms with E-state index < -0.39 is 17.7 Å². The molecule has 0 radical (unpaired) electrons. The summed E-state index contributed by atoms with van der Waals surface area (Å²) in [6.45, 7) is 0. The summed E-state index contributed by atoms with van der Waals surface area (Å²) in [7, 11) is 1.21. The molecule has 0 spiro atoms. The van der Waals surface area contributed by atoms with Gasteiger partial charge in [-0.25, -0.2) is 4.79 Å². The molecule has 0 fully saturated rings. The predicted octanol–water partition coefficient (Wildman–Crippen LogP) is 3.07. The Labute approximate surface area is 112 Å². The maximum absolute atomic E-state index is 12.4. The molecule has 2 aromatic rings. The van der Waals surface area contributed by atoms with E-state index >= 15 is 0 Å². The molecule has 7 heteroatoms. The lowest BCUT2D eigenvalue weighted by Gasteiger charge is -2.06. The molecule has 0 atom stereocenters. The van der Waals surface area contributed by atoms with Crippen molar-refractivity contribution in [2.75, 3.05) is 7.11 Å². The van der Waals surface area contributed by atoms with E-state index in [1.807, 2.05) is 0 Å². The summed E-state index contributed by atoms with van der Waals surface area (Å²) in [5.41, 5.74) is 0.351. The monoisotopic (exact) mass is 285 g/mol. The number of benzene rings is 1. The van der Waals surface area contributed by atoms with Crippen LogP contribution in [0.15, 0.2) is 34.9 Å². The number of carbonyl (C=O) groups is 1. The smallest absolute Gasteiger partial charge is 0.416 e. The Kier molecular flexibility index (Phi) is 3.78. The molecule has 0 saturated carbocycles. The van der Waals surface area contributed by atoms with E-state index in [-0.39, 0.29) is 12.2 Å². The van der Waals surface area contributed by atoms with Gasteiger partial charge in [-0.1, -0.05) is 17.3 Å². The van der Waals surface area contributed by atoms with Gasteiger partial charge in [-0.05, 0) is 17.7 Å². The highest BCUT2D eigenvalue weighted by Gasteiger charge is 2.29. The second-order valence-electron chi connectivity index (χ2n) is 4.05. The average molecular weight is 285 g/mol. The standard InChI is InChI=1S/C13H10F3NO3/c1-19-12(18)11-7-10(17-20-11)6-8-2-4-9(5-3-8)13(14,15)16/h2-5,7H,6H2,1H3. The molecule has 0 saturated heterocycles. The van der Waals surface area contributed by atoms with Crippen molar-refractivity contribution >= 4 is 5.97 Å². The fourth-order valence-corrected chi connectivity index (χ4v) is 1.61. The number of rotatable bonds is 3. The van der Waals surface area contributed by atoms with E-state index in [0.29, 0.717) is 11.3 Å². The highest BCUT2D eigenvalue weighted by atomic mass is 19.4. The van der Waals surface area contributed by atoms with Crippen LogP contribution in [0.5, 0.6) is 0 Å². The van der Waals surface area contributed by atoms with Gasteiger partial charge in [-0.15, -0.1) is 0 Å². The zero-order valence-corrected chi connectivity index (χ0v) is 10.4. The van der Waals surface area contributed by atoms with Crippen LogP contribution in [0.1, 0.15) is 27.4 Å². The highest BCUT2D eigenvalue weighted by molar-refractivity contribution is 5.86. The summed E-state index contributed by atoms with van der Waals surface area (Å²) in [6, 6.07) is 6.10. The van der Waals surface area contributed by atoms with Gasteiger partial charge in [0.05, 0.1) is 18.4 Å². The van der Waals surface area contributed by atoms with Gasteiger partial charge < -0.3 is 9.26 Å². The van der Waals surface area contributed by atoms with Crippen LogP contribution in [0.25, 0.3) is 0 Å². The number of hydrogen-bond donors (Lipinski definition) is 0. The molecular formula is C13H10F3NO3. The third-order valence-corrected chi connectivity index (χ3v) is 2.61. The van der Waals surface area contributed by atoms with Crippen molar-refractivity contribution in [3.63, 3.8) is 0 Å². The first-order valence-electron chi connectivity index (χ1n) is 5.60. The Morgan fingerprint density at radius 1 is 1.30 bits per heavy atom. The Hall–Kier alpha value is -2.31. The van der Waals surface area contributed by atoms with Crippen molar-refractivity contribution in [3.05, 3.63) is 52.9 Å². The molecule has 4 nitrogen and oxygen atoms in total. The van der Waals surface area contributed by atoms with E-state index in [2.05, 4.69) is 9.89 Å². The van der Waals surface area contributed by atoms with Crippen LogP contribution in [-0.4, -0.2) is 18.2 Å². The number of hydrogen-bond acceptors (Lipinski definition) is 4. The van der Waals surface area contributed by atoms with Gasteiger partial charge in [0.1, 0.15) is 0 Å². The zero-order valence-electron chi connectivity index (χ0n) is 10.4. The molecule has 1 aromatic carbocycles. The highest BCUT2D eigenvalue weighted by Crippen LogP contribution is 2.29. The van der Waals surface area contributed by atoms with E-state index in [1.165, 1.54) is 25.3 Å². The number of nitrogens with zero attached hydrogens (tertiary/aromatic N) is 1. The van der Waals surface area contributed by atoms with Gasteiger partial charge >= 0.3 is 12.1 Å². The van der Waals surface area contributed by atoms with Gasteiger partial charge in [0, 0.05) is 12.5 Å². The molecule has 0 aliphatic carbocycles. The number of ether oxygens (including phenoxy) is 1. The summed E-state index contributed by atoms with van der Waals surface area (Å²) >= 11 is 0. The molecule has 0 amide bonds. The van der Waals surface area contributed by atoms with Gasteiger partial charge in [-0.2, -0.15) is 13.2 Å². The van der Waals surface area contributed by atoms with Gasteiger partial charge in [0.15, 0.2) is 0 Å². The summed E-state index contributed by atoms with van der Waals surface area (Å²) in [5.74, 6) is -0.703. The summed E-state index contributed by atoms with van der Waals surface area (Å²) in [4.78, 5) is 11.2. The number of carbonyl (C=O) groups excluding carboxylic acids is 1. The zero-order chi connectivity index (χ0) is 14.8. The lowest BCUT2D eigenvalue weighted by molar-refractivity contribution is -0.137. The van der Waals surface area contributed by atoms with E-state index in [9.17, 15) is 18.0 Å². The largest absolute Gasteiger partial charge is 0.463 e. The van der Waals surface area contributed by atoms with Crippen molar-refractivity contribution in [1.82, 2.24) is 5.16 Å². The quantitative estimate of drug-likeness (QED) is 0.813. The van der Waals surface area contributed by atoms with Crippen LogP contribution in [0, 0.1) is 0 Å². The molecular weight excluding hydrogens is 275 g/mol. The number of halogens is 3. The Morgan fingerprint density at radius 2 is 1.95 bits per heavy atom. The fourth-order valence-electron chi connectivity index (χ4n) is 1.61. The van der Waals surface area contributed by atoms with Crippen molar-refractivity contribution in [3.8, 4) is 0 Å². The van der Waals surface area contributed by atoms with Gasteiger partial charge in [-0.3, -0.25) is 0 Å². The van der Waals surface area contributed by atoms with Crippen molar-refractivity contribution < 1.29 is 27.2 Å². The molecule has 2 rings (SSSR count). The second kappa shape index (κ2) is 5.36. The number of alkyl halides is 3. The van der Waals surface area contributed by atoms with Crippen LogP contribution in [-0.2, 0) is 17.3 Å². The number of methoxy groups -OCH3 is 1. The average Bonchev–Trinajstić information content (AvgIpc) is 2.86. The van der Waals surface area contributed by atoms with Crippen molar-refractivity contribution in [2.24, 2.45) is 0 Å². The maximum Gasteiger partial charge on any atom is 0.416 e.